The summed E-state index contributed by atoms with van der Waals surface area (Å²) in [4.78, 5) is 13.0. The third kappa shape index (κ3) is 33.5. The highest BCUT2D eigenvalue weighted by Gasteiger charge is 2.44. The number of hydrogen-bond donors (Lipinski definition) is 6. The van der Waals surface area contributed by atoms with E-state index in [-0.39, 0.29) is 12.5 Å². The zero-order valence-electron chi connectivity index (χ0n) is 39.8. The zero-order valence-corrected chi connectivity index (χ0v) is 39.8. The largest absolute Gasteiger partial charge is 0.394 e. The molecule has 1 amide bonds. The maximum absolute atomic E-state index is 13.0. The van der Waals surface area contributed by atoms with Gasteiger partial charge >= 0.3 is 0 Å². The fourth-order valence-corrected chi connectivity index (χ4v) is 7.43. The first-order chi connectivity index (χ1) is 30.8. The molecule has 9 nitrogen and oxygen atoms in total. The van der Waals surface area contributed by atoms with Crippen molar-refractivity contribution in [2.45, 2.75) is 236 Å². The first-order valence-electron chi connectivity index (χ1n) is 25.3. The van der Waals surface area contributed by atoms with Crippen LogP contribution < -0.4 is 5.32 Å². The van der Waals surface area contributed by atoms with Crippen LogP contribution in [0.4, 0.5) is 0 Å². The summed E-state index contributed by atoms with van der Waals surface area (Å²) in [7, 11) is 0. The zero-order chi connectivity index (χ0) is 45.9. The van der Waals surface area contributed by atoms with Gasteiger partial charge in [-0.15, -0.1) is 0 Å². The Kier molecular flexibility index (Phi) is 40.1. The Labute approximate surface area is 384 Å². The number of aliphatic hydroxyl groups excluding tert-OH is 5. The molecule has 0 saturated carbocycles. The van der Waals surface area contributed by atoms with Crippen LogP contribution in [0.3, 0.4) is 0 Å². The minimum absolute atomic E-state index is 0.209. The molecule has 0 aromatic carbocycles. The van der Waals surface area contributed by atoms with E-state index in [1.807, 2.05) is 6.08 Å². The first kappa shape index (κ1) is 58.4. The van der Waals surface area contributed by atoms with Gasteiger partial charge in [-0.1, -0.05) is 195 Å². The van der Waals surface area contributed by atoms with Crippen molar-refractivity contribution in [1.29, 1.82) is 0 Å². The Morgan fingerprint density at radius 1 is 0.556 bits per heavy atom. The van der Waals surface area contributed by atoms with E-state index in [1.165, 1.54) is 83.5 Å². The first-order valence-corrected chi connectivity index (χ1v) is 25.3. The van der Waals surface area contributed by atoms with E-state index >= 15 is 0 Å². The molecule has 7 unspecified atom stereocenters. The van der Waals surface area contributed by atoms with Gasteiger partial charge in [-0.25, -0.2) is 0 Å². The average Bonchev–Trinajstić information content (AvgIpc) is 3.28. The van der Waals surface area contributed by atoms with Crippen molar-refractivity contribution in [1.82, 2.24) is 5.32 Å². The van der Waals surface area contributed by atoms with Gasteiger partial charge in [0.2, 0.25) is 5.91 Å². The molecule has 1 aliphatic rings. The van der Waals surface area contributed by atoms with Crippen LogP contribution >= 0.6 is 0 Å². The van der Waals surface area contributed by atoms with Crippen molar-refractivity contribution in [2.75, 3.05) is 13.2 Å². The minimum Gasteiger partial charge on any atom is -0.394 e. The van der Waals surface area contributed by atoms with Crippen molar-refractivity contribution in [2.24, 2.45) is 0 Å². The molecule has 1 aliphatic heterocycles. The number of aliphatic hydroxyl groups is 5. The molecule has 0 radical (unpaired) electrons. The second-order valence-corrected chi connectivity index (χ2v) is 17.2. The highest BCUT2D eigenvalue weighted by Crippen LogP contribution is 2.22. The molecule has 1 rings (SSSR count). The molecular formula is C54H93NO8. The van der Waals surface area contributed by atoms with Gasteiger partial charge in [0.15, 0.2) is 6.29 Å². The van der Waals surface area contributed by atoms with Gasteiger partial charge in [-0.2, -0.15) is 0 Å². The Morgan fingerprint density at radius 3 is 1.52 bits per heavy atom. The molecular weight excluding hydrogens is 791 g/mol. The molecule has 6 N–H and O–H groups in total. The molecule has 9 heteroatoms. The fraction of sp³-hybridized carbons (Fsp3) is 0.722. The van der Waals surface area contributed by atoms with Gasteiger partial charge in [0, 0.05) is 6.42 Å². The van der Waals surface area contributed by atoms with E-state index in [9.17, 15) is 30.3 Å². The molecule has 1 heterocycles. The van der Waals surface area contributed by atoms with Gasteiger partial charge < -0.3 is 40.3 Å². The van der Waals surface area contributed by atoms with E-state index in [1.54, 1.807) is 6.08 Å². The van der Waals surface area contributed by atoms with Crippen LogP contribution in [0.1, 0.15) is 194 Å². The Bertz CT molecular complexity index is 1260. The predicted octanol–water partition coefficient (Wildman–Crippen LogP) is 11.5. The van der Waals surface area contributed by atoms with E-state index in [0.29, 0.717) is 6.42 Å². The molecule has 0 aliphatic carbocycles. The van der Waals surface area contributed by atoms with E-state index in [0.717, 1.165) is 89.9 Å². The van der Waals surface area contributed by atoms with Gasteiger partial charge in [0.05, 0.1) is 25.4 Å². The van der Waals surface area contributed by atoms with Crippen molar-refractivity contribution in [3.8, 4) is 0 Å². The molecule has 7 atom stereocenters. The Morgan fingerprint density at radius 2 is 1.00 bits per heavy atom. The highest BCUT2D eigenvalue weighted by molar-refractivity contribution is 5.76. The lowest BCUT2D eigenvalue weighted by molar-refractivity contribution is -0.302. The van der Waals surface area contributed by atoms with Crippen LogP contribution in [0.25, 0.3) is 0 Å². The predicted molar refractivity (Wildman–Crippen MR) is 262 cm³/mol. The number of carbonyl (C=O) groups is 1. The molecule has 0 aromatic heterocycles. The lowest BCUT2D eigenvalue weighted by atomic mass is 9.99. The molecule has 0 aromatic rings. The summed E-state index contributed by atoms with van der Waals surface area (Å²) in [5.41, 5.74) is 0. The summed E-state index contributed by atoms with van der Waals surface area (Å²) in [6.07, 6.45) is 53.4. The average molecular weight is 884 g/mol. The van der Waals surface area contributed by atoms with Crippen LogP contribution in [-0.4, -0.2) is 87.5 Å². The molecule has 63 heavy (non-hydrogen) atoms. The van der Waals surface area contributed by atoms with Crippen LogP contribution in [-0.2, 0) is 14.3 Å². The summed E-state index contributed by atoms with van der Waals surface area (Å²) >= 11 is 0. The lowest BCUT2D eigenvalue weighted by Gasteiger charge is -2.40. The maximum atomic E-state index is 13.0. The molecule has 0 bridgehead atoms. The third-order valence-electron chi connectivity index (χ3n) is 11.5. The second-order valence-electron chi connectivity index (χ2n) is 17.2. The van der Waals surface area contributed by atoms with Crippen molar-refractivity contribution >= 4 is 5.91 Å². The number of carbonyl (C=O) groups excluding carboxylic acids is 1. The molecule has 0 spiro atoms. The summed E-state index contributed by atoms with van der Waals surface area (Å²) in [6, 6.07) is -0.837. The second kappa shape index (κ2) is 43.3. The fourth-order valence-electron chi connectivity index (χ4n) is 7.43. The highest BCUT2D eigenvalue weighted by atomic mass is 16.7. The Balaban J connectivity index is 2.36. The number of rotatable bonds is 41. The quantitative estimate of drug-likeness (QED) is 0.0263. The SMILES string of the molecule is CC/C=C\C/C=C\C/C=C\C/C=C\C/C=C\CCCCCCCC(=O)NC(COC1OC(CO)C(O)C(O)C1O)C(O)/C=C/CC/C=C/CCCCCCCCCCCCCCC. The normalized spacial score (nSPS) is 20.9. The molecule has 1 saturated heterocycles. The van der Waals surface area contributed by atoms with Crippen molar-refractivity contribution in [3.63, 3.8) is 0 Å². The summed E-state index contributed by atoms with van der Waals surface area (Å²) in [5, 5.41) is 54.3. The van der Waals surface area contributed by atoms with Crippen LogP contribution in [0.5, 0.6) is 0 Å². The summed E-state index contributed by atoms with van der Waals surface area (Å²) in [6.45, 7) is 3.63. The van der Waals surface area contributed by atoms with Crippen LogP contribution in [0.15, 0.2) is 85.1 Å². The number of nitrogens with one attached hydrogen (secondary N) is 1. The van der Waals surface area contributed by atoms with Crippen molar-refractivity contribution in [3.05, 3.63) is 85.1 Å². The molecule has 1 fully saturated rings. The Hall–Kier alpha value is -2.63. The number of ether oxygens (including phenoxy) is 2. The topological polar surface area (TPSA) is 149 Å². The van der Waals surface area contributed by atoms with Gasteiger partial charge in [0.25, 0.3) is 0 Å². The van der Waals surface area contributed by atoms with E-state index < -0.39 is 49.5 Å². The van der Waals surface area contributed by atoms with Gasteiger partial charge in [-0.3, -0.25) is 4.79 Å². The summed E-state index contributed by atoms with van der Waals surface area (Å²) < 4.78 is 11.2. The lowest BCUT2D eigenvalue weighted by Crippen LogP contribution is -2.60. The minimum atomic E-state index is -1.58. The smallest absolute Gasteiger partial charge is 0.220 e. The number of hydrogen-bond acceptors (Lipinski definition) is 8. The third-order valence-corrected chi connectivity index (χ3v) is 11.5. The van der Waals surface area contributed by atoms with E-state index in [4.69, 9.17) is 9.47 Å². The van der Waals surface area contributed by atoms with E-state index in [2.05, 4.69) is 92.1 Å². The maximum Gasteiger partial charge on any atom is 0.220 e. The van der Waals surface area contributed by atoms with Crippen LogP contribution in [0, 0.1) is 0 Å². The number of unbranched alkanes of at least 4 members (excludes halogenated alkanes) is 19. The summed E-state index contributed by atoms with van der Waals surface area (Å²) in [5.74, 6) is -0.209. The monoisotopic (exact) mass is 884 g/mol. The standard InChI is InChI=1S/C54H93NO8/c1-3-5-7-9-11-13-15-17-19-21-23-24-26-28-30-32-34-36-38-40-42-44-50(58)55-47(46-62-54-53(61)52(60)51(59)49(45-56)63-54)48(57)43-41-39-37-35-33-31-29-27-25-22-20-18-16-14-12-10-8-6-4-2/h5,7,11,13,17,19,23-24,28,30,33,35,41,43,47-49,51-54,56-57,59-61H,3-4,6,8-10,12,14-16,18,20-22,25-27,29,31-32,34,36-40,42,44-46H2,1-2H3,(H,55,58)/b7-5-,13-11-,19-17-,24-23-,30-28-,35-33+,43-41+. The van der Waals surface area contributed by atoms with Crippen LogP contribution in [0.2, 0.25) is 0 Å². The number of allylic oxidation sites excluding steroid dienone is 13. The van der Waals surface area contributed by atoms with Gasteiger partial charge in [0.1, 0.15) is 24.4 Å². The number of amides is 1. The van der Waals surface area contributed by atoms with Gasteiger partial charge in [-0.05, 0) is 77.0 Å². The van der Waals surface area contributed by atoms with Crippen molar-refractivity contribution < 1.29 is 39.8 Å². The molecule has 362 valence electrons.